The molecule has 32 heavy (non-hydrogen) atoms. The highest BCUT2D eigenvalue weighted by Crippen LogP contribution is 2.28. The lowest BCUT2D eigenvalue weighted by Crippen LogP contribution is -2.48. The second-order valence-corrected chi connectivity index (χ2v) is 10.8. The normalized spacial score (nSPS) is 23.3. The Labute approximate surface area is 194 Å². The van der Waals surface area contributed by atoms with E-state index in [1.165, 1.54) is 28.9 Å². The number of benzene rings is 1. The van der Waals surface area contributed by atoms with Crippen molar-refractivity contribution in [1.82, 2.24) is 9.21 Å². The first-order valence-corrected chi connectivity index (χ1v) is 12.9. The number of morpholine rings is 1. The summed E-state index contributed by atoms with van der Waals surface area (Å²) in [6.45, 7) is 4.95. The van der Waals surface area contributed by atoms with Crippen molar-refractivity contribution in [3.8, 4) is 0 Å². The van der Waals surface area contributed by atoms with Crippen LogP contribution in [0, 0.1) is 0 Å². The lowest BCUT2D eigenvalue weighted by atomic mass is 10.1. The summed E-state index contributed by atoms with van der Waals surface area (Å²) >= 11 is 6.19. The molecule has 10 heteroatoms. The van der Waals surface area contributed by atoms with E-state index in [-0.39, 0.29) is 53.3 Å². The largest absolute Gasteiger partial charge is 0.452 e. The molecule has 0 aliphatic carbocycles. The Morgan fingerprint density at radius 2 is 1.66 bits per heavy atom. The number of rotatable bonds is 5. The Hall–Kier alpha value is -1.68. The molecule has 1 aromatic carbocycles. The molecule has 0 aromatic heterocycles. The van der Waals surface area contributed by atoms with Gasteiger partial charge in [0.2, 0.25) is 10.0 Å². The van der Waals surface area contributed by atoms with Crippen LogP contribution in [-0.2, 0) is 24.3 Å². The molecule has 2 unspecified atom stereocenters. The van der Waals surface area contributed by atoms with Gasteiger partial charge in [-0.3, -0.25) is 4.79 Å². The molecule has 2 saturated heterocycles. The fourth-order valence-electron chi connectivity index (χ4n) is 4.09. The number of esters is 1. The minimum Gasteiger partial charge on any atom is -0.452 e. The van der Waals surface area contributed by atoms with Crippen LogP contribution in [0.5, 0.6) is 0 Å². The van der Waals surface area contributed by atoms with Crippen molar-refractivity contribution in [3.63, 3.8) is 0 Å². The zero-order valence-electron chi connectivity index (χ0n) is 18.6. The third-order valence-corrected chi connectivity index (χ3v) is 8.02. The molecular formula is C22H31ClN2O6S. The molecule has 1 amide bonds. The first-order valence-electron chi connectivity index (χ1n) is 11.1. The highest BCUT2D eigenvalue weighted by atomic mass is 35.5. The molecule has 2 aliphatic rings. The molecule has 0 radical (unpaired) electrons. The van der Waals surface area contributed by atoms with E-state index < -0.39 is 16.0 Å². The average molecular weight is 487 g/mol. The van der Waals surface area contributed by atoms with Gasteiger partial charge in [0.15, 0.2) is 6.61 Å². The number of sulfonamides is 1. The van der Waals surface area contributed by atoms with Gasteiger partial charge >= 0.3 is 5.97 Å². The number of hydrogen-bond acceptors (Lipinski definition) is 6. The molecule has 0 N–H and O–H groups in total. The first-order chi connectivity index (χ1) is 15.2. The molecule has 2 heterocycles. The molecular weight excluding hydrogens is 456 g/mol. The Kier molecular flexibility index (Phi) is 8.55. The van der Waals surface area contributed by atoms with E-state index in [0.29, 0.717) is 13.1 Å². The lowest BCUT2D eigenvalue weighted by Gasteiger charge is -2.34. The first kappa shape index (κ1) is 25.0. The molecule has 178 valence electrons. The second-order valence-electron chi connectivity index (χ2n) is 8.45. The van der Waals surface area contributed by atoms with Crippen molar-refractivity contribution >= 4 is 33.5 Å². The maximum absolute atomic E-state index is 13.2. The van der Waals surface area contributed by atoms with Crippen LogP contribution in [0.3, 0.4) is 0 Å². The topological polar surface area (TPSA) is 93.2 Å². The van der Waals surface area contributed by atoms with Crippen molar-refractivity contribution in [3.05, 3.63) is 28.8 Å². The van der Waals surface area contributed by atoms with Gasteiger partial charge in [0, 0.05) is 26.2 Å². The Balaban J connectivity index is 1.69. The number of halogens is 1. The van der Waals surface area contributed by atoms with Crippen LogP contribution in [0.4, 0.5) is 0 Å². The van der Waals surface area contributed by atoms with Gasteiger partial charge in [-0.05, 0) is 44.9 Å². The summed E-state index contributed by atoms with van der Waals surface area (Å²) in [5.41, 5.74) is 0.0304. The maximum atomic E-state index is 13.2. The molecule has 0 saturated carbocycles. The van der Waals surface area contributed by atoms with Crippen LogP contribution in [0.2, 0.25) is 5.02 Å². The number of hydrogen-bond donors (Lipinski definition) is 0. The zero-order chi connectivity index (χ0) is 23.3. The standard InChI is InChI=1S/C22H31ClN2O6S/c1-16-13-25(14-17(2)31-16)32(28,29)20-12-18(8-9-19(20)23)22(27)30-15-21(26)24-10-6-4-3-5-7-11-24/h8-9,12,16-17H,3-7,10-11,13-15H2,1-2H3. The number of ether oxygens (including phenoxy) is 2. The summed E-state index contributed by atoms with van der Waals surface area (Å²) in [6.07, 6.45) is 4.73. The monoisotopic (exact) mass is 486 g/mol. The van der Waals surface area contributed by atoms with Gasteiger partial charge in [-0.1, -0.05) is 30.9 Å². The number of likely N-dealkylation sites (tertiary alicyclic amines) is 1. The minimum absolute atomic E-state index is 0.0186. The van der Waals surface area contributed by atoms with Gasteiger partial charge in [-0.2, -0.15) is 4.31 Å². The SMILES string of the molecule is CC1CN(S(=O)(=O)c2cc(C(=O)OCC(=O)N3CCCCCCC3)ccc2Cl)CC(C)O1. The highest BCUT2D eigenvalue weighted by molar-refractivity contribution is 7.89. The third kappa shape index (κ3) is 6.21. The summed E-state index contributed by atoms with van der Waals surface area (Å²) in [5.74, 6) is -0.999. The molecule has 2 atom stereocenters. The quantitative estimate of drug-likeness (QED) is 0.594. The van der Waals surface area contributed by atoms with E-state index in [0.717, 1.165) is 25.7 Å². The lowest BCUT2D eigenvalue weighted by molar-refractivity contribution is -0.134. The van der Waals surface area contributed by atoms with Crippen molar-refractivity contribution in [1.29, 1.82) is 0 Å². The maximum Gasteiger partial charge on any atom is 0.338 e. The van der Waals surface area contributed by atoms with Gasteiger partial charge in [-0.25, -0.2) is 13.2 Å². The molecule has 1 aromatic rings. The fraction of sp³-hybridized carbons (Fsp3) is 0.636. The van der Waals surface area contributed by atoms with Crippen LogP contribution >= 0.6 is 11.6 Å². The summed E-state index contributed by atoms with van der Waals surface area (Å²) in [7, 11) is -3.93. The van der Waals surface area contributed by atoms with E-state index in [4.69, 9.17) is 21.1 Å². The summed E-state index contributed by atoms with van der Waals surface area (Å²) in [4.78, 5) is 26.6. The molecule has 2 fully saturated rings. The van der Waals surface area contributed by atoms with E-state index in [9.17, 15) is 18.0 Å². The van der Waals surface area contributed by atoms with Crippen LogP contribution < -0.4 is 0 Å². The third-order valence-electron chi connectivity index (χ3n) is 5.71. The molecule has 0 spiro atoms. The van der Waals surface area contributed by atoms with Gasteiger partial charge < -0.3 is 14.4 Å². The molecule has 2 aliphatic heterocycles. The van der Waals surface area contributed by atoms with Gasteiger partial charge in [0.25, 0.3) is 5.91 Å². The van der Waals surface area contributed by atoms with E-state index in [1.807, 2.05) is 0 Å². The number of nitrogens with zero attached hydrogens (tertiary/aromatic N) is 2. The van der Waals surface area contributed by atoms with Crippen LogP contribution in [0.15, 0.2) is 23.1 Å². The highest BCUT2D eigenvalue weighted by Gasteiger charge is 2.34. The van der Waals surface area contributed by atoms with Crippen molar-refractivity contribution in [2.24, 2.45) is 0 Å². The average Bonchev–Trinajstić information content (AvgIpc) is 2.71. The van der Waals surface area contributed by atoms with Gasteiger partial charge in [-0.15, -0.1) is 0 Å². The summed E-state index contributed by atoms with van der Waals surface area (Å²) in [5, 5.41) is 0.0186. The van der Waals surface area contributed by atoms with Gasteiger partial charge in [0.05, 0.1) is 22.8 Å². The van der Waals surface area contributed by atoms with Crippen LogP contribution in [0.1, 0.15) is 56.3 Å². The van der Waals surface area contributed by atoms with E-state index >= 15 is 0 Å². The van der Waals surface area contributed by atoms with Crippen molar-refractivity contribution in [2.75, 3.05) is 32.8 Å². The Bertz CT molecular complexity index is 920. The van der Waals surface area contributed by atoms with Crippen molar-refractivity contribution < 1.29 is 27.5 Å². The second kappa shape index (κ2) is 11.0. The summed E-state index contributed by atoms with van der Waals surface area (Å²) in [6, 6.07) is 3.97. The Morgan fingerprint density at radius 3 is 2.28 bits per heavy atom. The molecule has 8 nitrogen and oxygen atoms in total. The van der Waals surface area contributed by atoms with Crippen LogP contribution in [-0.4, -0.2) is 74.5 Å². The van der Waals surface area contributed by atoms with Crippen LogP contribution in [0.25, 0.3) is 0 Å². The van der Waals surface area contributed by atoms with Gasteiger partial charge in [0.1, 0.15) is 4.90 Å². The number of amides is 1. The Morgan fingerprint density at radius 1 is 1.06 bits per heavy atom. The summed E-state index contributed by atoms with van der Waals surface area (Å²) < 4.78 is 38.5. The number of carbonyl (C=O) groups excluding carboxylic acids is 2. The molecule has 3 rings (SSSR count). The zero-order valence-corrected chi connectivity index (χ0v) is 20.2. The number of carbonyl (C=O) groups is 2. The van der Waals surface area contributed by atoms with Crippen molar-refractivity contribution in [2.45, 2.75) is 63.1 Å². The molecule has 0 bridgehead atoms. The van der Waals surface area contributed by atoms with E-state index in [2.05, 4.69) is 0 Å². The minimum atomic E-state index is -3.93. The predicted octanol–water partition coefficient (Wildman–Crippen LogP) is 3.09. The fourth-order valence-corrected chi connectivity index (χ4v) is 6.18. The smallest absolute Gasteiger partial charge is 0.338 e. The predicted molar refractivity (Wildman–Crippen MR) is 120 cm³/mol. The van der Waals surface area contributed by atoms with E-state index in [1.54, 1.807) is 18.7 Å².